The number of hydrogen-bond acceptors (Lipinski definition) is 4. The Kier molecular flexibility index (Phi) is 3.73. The Labute approximate surface area is 122 Å². The minimum Gasteiger partial charge on any atom is -0.456 e. The first kappa shape index (κ1) is 14.8. The maximum Gasteiger partial charge on any atom is 0.342 e. The van der Waals surface area contributed by atoms with Gasteiger partial charge in [0.2, 0.25) is 0 Å². The molecule has 2 rings (SSSR count). The number of halogens is 1. The minimum absolute atomic E-state index is 0.0824. The lowest BCUT2D eigenvalue weighted by molar-refractivity contribution is 0.00665. The van der Waals surface area contributed by atoms with E-state index >= 15 is 0 Å². The first-order chi connectivity index (χ1) is 9.19. The van der Waals surface area contributed by atoms with Crippen molar-refractivity contribution in [3.63, 3.8) is 0 Å². The number of aromatic nitrogens is 3. The predicted molar refractivity (Wildman–Crippen MR) is 77.3 cm³/mol. The van der Waals surface area contributed by atoms with Gasteiger partial charge in [0.1, 0.15) is 5.60 Å². The van der Waals surface area contributed by atoms with E-state index in [4.69, 9.17) is 16.3 Å². The largest absolute Gasteiger partial charge is 0.456 e. The number of ether oxygens (including phenoxy) is 1. The molecular weight excluding hydrogens is 278 g/mol. The molecule has 0 N–H and O–H groups in total. The van der Waals surface area contributed by atoms with Gasteiger partial charge in [0.05, 0.1) is 11.3 Å². The summed E-state index contributed by atoms with van der Waals surface area (Å²) in [5.74, 6) is -0.318. The van der Waals surface area contributed by atoms with Crippen LogP contribution in [-0.2, 0) is 4.74 Å². The normalized spacial score (nSPS) is 12.2. The lowest BCUT2D eigenvalue weighted by Gasteiger charge is -2.21. The van der Waals surface area contributed by atoms with Gasteiger partial charge in [-0.25, -0.2) is 14.3 Å². The Morgan fingerprint density at radius 3 is 2.60 bits per heavy atom. The third-order valence-electron chi connectivity index (χ3n) is 2.66. The van der Waals surface area contributed by atoms with Crippen LogP contribution in [-0.4, -0.2) is 26.2 Å². The van der Waals surface area contributed by atoms with E-state index in [0.717, 1.165) is 5.69 Å². The van der Waals surface area contributed by atoms with E-state index in [2.05, 4.69) is 10.1 Å². The van der Waals surface area contributed by atoms with Crippen molar-refractivity contribution < 1.29 is 9.53 Å². The SMILES string of the molecule is CC(C)c1c(C(=O)OC(C)(C)C)cnc2cc(Cl)nn12. The van der Waals surface area contributed by atoms with Gasteiger partial charge in [0.15, 0.2) is 10.8 Å². The van der Waals surface area contributed by atoms with Gasteiger partial charge in [-0.1, -0.05) is 25.4 Å². The van der Waals surface area contributed by atoms with E-state index in [1.807, 2.05) is 34.6 Å². The molecule has 0 amide bonds. The molecular formula is C14H18ClN3O2. The van der Waals surface area contributed by atoms with E-state index in [9.17, 15) is 4.79 Å². The number of hydrogen-bond donors (Lipinski definition) is 0. The van der Waals surface area contributed by atoms with E-state index in [1.165, 1.54) is 6.20 Å². The molecule has 2 aromatic rings. The molecule has 6 heteroatoms. The van der Waals surface area contributed by atoms with Gasteiger partial charge in [0.25, 0.3) is 0 Å². The van der Waals surface area contributed by atoms with Crippen LogP contribution in [0.25, 0.3) is 5.65 Å². The van der Waals surface area contributed by atoms with Crippen LogP contribution in [0.2, 0.25) is 5.15 Å². The van der Waals surface area contributed by atoms with E-state index in [-0.39, 0.29) is 5.92 Å². The summed E-state index contributed by atoms with van der Waals surface area (Å²) < 4.78 is 7.02. The van der Waals surface area contributed by atoms with Crippen LogP contribution in [0.4, 0.5) is 0 Å². The van der Waals surface area contributed by atoms with Crippen LogP contribution < -0.4 is 0 Å². The van der Waals surface area contributed by atoms with Crippen LogP contribution in [0.5, 0.6) is 0 Å². The summed E-state index contributed by atoms with van der Waals surface area (Å²) >= 11 is 5.91. The third kappa shape index (κ3) is 2.93. The fourth-order valence-corrected chi connectivity index (χ4v) is 2.14. The second kappa shape index (κ2) is 5.05. The molecule has 0 bridgehead atoms. The van der Waals surface area contributed by atoms with Gasteiger partial charge >= 0.3 is 5.97 Å². The van der Waals surface area contributed by atoms with Crippen molar-refractivity contribution in [2.24, 2.45) is 0 Å². The fraction of sp³-hybridized carbons (Fsp3) is 0.500. The minimum atomic E-state index is -0.554. The summed E-state index contributed by atoms with van der Waals surface area (Å²) in [7, 11) is 0. The number of carbonyl (C=O) groups excluding carboxylic acids is 1. The van der Waals surface area contributed by atoms with Gasteiger partial charge in [-0.3, -0.25) is 0 Å². The number of fused-ring (bicyclic) bond motifs is 1. The van der Waals surface area contributed by atoms with Gasteiger partial charge < -0.3 is 4.74 Å². The van der Waals surface area contributed by atoms with Crippen molar-refractivity contribution in [3.05, 3.63) is 28.7 Å². The van der Waals surface area contributed by atoms with Crippen LogP contribution in [0.3, 0.4) is 0 Å². The van der Waals surface area contributed by atoms with Crippen LogP contribution in [0, 0.1) is 0 Å². The van der Waals surface area contributed by atoms with Gasteiger partial charge in [-0.15, -0.1) is 0 Å². The van der Waals surface area contributed by atoms with Crippen molar-refractivity contribution in [1.29, 1.82) is 0 Å². The maximum atomic E-state index is 12.3. The van der Waals surface area contributed by atoms with Crippen LogP contribution in [0.15, 0.2) is 12.3 Å². The molecule has 0 unspecified atom stereocenters. The quantitative estimate of drug-likeness (QED) is 0.796. The highest BCUT2D eigenvalue weighted by atomic mass is 35.5. The molecule has 0 aliphatic carbocycles. The fourth-order valence-electron chi connectivity index (χ4n) is 1.97. The number of rotatable bonds is 2. The van der Waals surface area contributed by atoms with Gasteiger partial charge in [0, 0.05) is 12.3 Å². The van der Waals surface area contributed by atoms with Crippen LogP contribution in [0.1, 0.15) is 56.6 Å². The molecule has 0 aliphatic heterocycles. The maximum absolute atomic E-state index is 12.3. The summed E-state index contributed by atoms with van der Waals surface area (Å²) in [6, 6.07) is 1.66. The van der Waals surface area contributed by atoms with E-state index in [0.29, 0.717) is 16.4 Å². The van der Waals surface area contributed by atoms with Crippen LogP contribution >= 0.6 is 11.6 Å². The zero-order valence-electron chi connectivity index (χ0n) is 12.3. The molecule has 0 fully saturated rings. The first-order valence-electron chi connectivity index (χ1n) is 6.46. The molecule has 0 aliphatic rings. The highest BCUT2D eigenvalue weighted by Crippen LogP contribution is 2.23. The summed E-state index contributed by atoms with van der Waals surface area (Å²) in [5, 5.41) is 4.53. The number of carbonyl (C=O) groups is 1. The molecule has 108 valence electrons. The summed E-state index contributed by atoms with van der Waals surface area (Å²) in [4.78, 5) is 16.5. The highest BCUT2D eigenvalue weighted by molar-refractivity contribution is 6.29. The van der Waals surface area contributed by atoms with Crippen molar-refractivity contribution >= 4 is 23.2 Å². The van der Waals surface area contributed by atoms with E-state index in [1.54, 1.807) is 10.6 Å². The molecule has 0 spiro atoms. The monoisotopic (exact) mass is 295 g/mol. The topological polar surface area (TPSA) is 56.5 Å². The summed E-state index contributed by atoms with van der Waals surface area (Å²) in [5.41, 5.74) is 1.23. The molecule has 0 saturated heterocycles. The molecule has 5 nitrogen and oxygen atoms in total. The predicted octanol–water partition coefficient (Wildman–Crippen LogP) is 3.46. The Morgan fingerprint density at radius 2 is 2.05 bits per heavy atom. The molecule has 2 heterocycles. The van der Waals surface area contributed by atoms with Crippen molar-refractivity contribution in [3.8, 4) is 0 Å². The smallest absolute Gasteiger partial charge is 0.342 e. The van der Waals surface area contributed by atoms with Crippen molar-refractivity contribution in [2.75, 3.05) is 0 Å². The molecule has 0 atom stereocenters. The molecule has 0 aromatic carbocycles. The van der Waals surface area contributed by atoms with Crippen molar-refractivity contribution in [2.45, 2.75) is 46.1 Å². The third-order valence-corrected chi connectivity index (χ3v) is 2.84. The average molecular weight is 296 g/mol. The number of nitrogens with zero attached hydrogens (tertiary/aromatic N) is 3. The van der Waals surface area contributed by atoms with E-state index < -0.39 is 11.6 Å². The lowest BCUT2D eigenvalue weighted by Crippen LogP contribution is -2.25. The zero-order valence-corrected chi connectivity index (χ0v) is 13.0. The standard InChI is InChI=1S/C14H18ClN3O2/c1-8(2)12-9(13(19)20-14(3,4)5)7-16-11-6-10(15)17-18(11)12/h6-8H,1-5H3. The van der Waals surface area contributed by atoms with Gasteiger partial charge in [-0.2, -0.15) is 5.10 Å². The Bertz CT molecular complexity index is 656. The Balaban J connectivity index is 2.58. The zero-order chi connectivity index (χ0) is 15.1. The molecule has 2 aromatic heterocycles. The Morgan fingerprint density at radius 1 is 1.40 bits per heavy atom. The lowest BCUT2D eigenvalue weighted by atomic mass is 10.0. The Hall–Kier alpha value is -1.62. The number of esters is 1. The second-order valence-corrected chi connectivity index (χ2v) is 6.34. The summed E-state index contributed by atoms with van der Waals surface area (Å²) in [6.45, 7) is 9.46. The summed E-state index contributed by atoms with van der Waals surface area (Å²) in [6.07, 6.45) is 1.52. The van der Waals surface area contributed by atoms with Crippen molar-refractivity contribution in [1.82, 2.24) is 14.6 Å². The molecule has 20 heavy (non-hydrogen) atoms. The molecule has 0 saturated carbocycles. The average Bonchev–Trinajstić information content (AvgIpc) is 2.64. The first-order valence-corrected chi connectivity index (χ1v) is 6.84. The second-order valence-electron chi connectivity index (χ2n) is 5.95. The molecule has 0 radical (unpaired) electrons. The highest BCUT2D eigenvalue weighted by Gasteiger charge is 2.24. The van der Waals surface area contributed by atoms with Gasteiger partial charge in [-0.05, 0) is 26.7 Å².